The monoisotopic (exact) mass is 480 g/mol. The second kappa shape index (κ2) is 7.77. The second-order valence-electron chi connectivity index (χ2n) is 7.73. The third-order valence-corrected chi connectivity index (χ3v) is 8.94. The molecule has 1 amide bonds. The molecule has 164 valence electrons. The standard InChI is InChI=1S/C20H21ClN4O4S2/c1-13-4-9-24-18(11-22-30-24)19(13)31(27,28)23-7-5-16(6-8-23)25-17-3-2-15(21)10-14(17)12-29-20(25)26/h2-4,9-11,16,22H,5-8,12H2,1H3. The van der Waals surface area contributed by atoms with Crippen LogP contribution in [0.25, 0.3) is 0 Å². The van der Waals surface area contributed by atoms with Gasteiger partial charge < -0.3 is 9.46 Å². The maximum atomic E-state index is 13.5. The van der Waals surface area contributed by atoms with E-state index >= 15 is 0 Å². The van der Waals surface area contributed by atoms with Crippen molar-refractivity contribution in [3.05, 3.63) is 63.4 Å². The van der Waals surface area contributed by atoms with Gasteiger partial charge in [0.25, 0.3) is 0 Å². The molecule has 0 aliphatic carbocycles. The average Bonchev–Trinajstić information content (AvgIpc) is 3.22. The number of ether oxygens (including phenoxy) is 1. The number of hydrogen-bond donors (Lipinski definition) is 1. The molecule has 0 bridgehead atoms. The molecule has 0 atom stereocenters. The van der Waals surface area contributed by atoms with Crippen LogP contribution in [0.15, 0.2) is 52.9 Å². The molecule has 4 heterocycles. The Kier molecular flexibility index (Phi) is 5.20. The van der Waals surface area contributed by atoms with Gasteiger partial charge in [0.15, 0.2) is 0 Å². The number of nitrogens with zero attached hydrogens (tertiary/aromatic N) is 3. The number of rotatable bonds is 3. The molecular formula is C20H21ClN4O4S2. The number of cyclic esters (lactones) is 1. The minimum Gasteiger partial charge on any atom is -0.444 e. The summed E-state index contributed by atoms with van der Waals surface area (Å²) in [6.45, 7) is 2.66. The van der Waals surface area contributed by atoms with Gasteiger partial charge in [-0.3, -0.25) is 9.21 Å². The summed E-state index contributed by atoms with van der Waals surface area (Å²) in [6.07, 6.45) is 6.01. The van der Waals surface area contributed by atoms with E-state index in [0.717, 1.165) is 11.3 Å². The molecule has 31 heavy (non-hydrogen) atoms. The van der Waals surface area contributed by atoms with E-state index in [1.807, 2.05) is 25.3 Å². The van der Waals surface area contributed by atoms with E-state index in [4.69, 9.17) is 16.3 Å². The van der Waals surface area contributed by atoms with Crippen LogP contribution in [-0.4, -0.2) is 42.3 Å². The molecule has 4 aliphatic rings. The molecule has 0 radical (unpaired) electrons. The third kappa shape index (κ3) is 3.51. The zero-order valence-corrected chi connectivity index (χ0v) is 19.1. The van der Waals surface area contributed by atoms with Gasteiger partial charge >= 0.3 is 6.09 Å². The highest BCUT2D eigenvalue weighted by Crippen LogP contribution is 2.39. The molecule has 1 N–H and O–H groups in total. The van der Waals surface area contributed by atoms with Crippen molar-refractivity contribution >= 4 is 45.5 Å². The summed E-state index contributed by atoms with van der Waals surface area (Å²) in [5.74, 6) is 0. The van der Waals surface area contributed by atoms with Crippen LogP contribution >= 0.6 is 23.7 Å². The van der Waals surface area contributed by atoms with Crippen LogP contribution in [0.3, 0.4) is 0 Å². The highest BCUT2D eigenvalue weighted by atomic mass is 35.5. The number of allylic oxidation sites excluding steroid dienone is 2. The quantitative estimate of drug-likeness (QED) is 0.660. The molecule has 11 heteroatoms. The van der Waals surface area contributed by atoms with E-state index in [9.17, 15) is 13.2 Å². The Hall–Kier alpha value is -2.14. The summed E-state index contributed by atoms with van der Waals surface area (Å²) in [5, 5.41) is 0.589. The van der Waals surface area contributed by atoms with Crippen LogP contribution in [0.4, 0.5) is 10.5 Å². The first kappa shape index (κ1) is 20.7. The molecule has 1 aromatic carbocycles. The molecule has 4 aliphatic heterocycles. The lowest BCUT2D eigenvalue weighted by Crippen LogP contribution is -2.50. The Morgan fingerprint density at radius 1 is 1.26 bits per heavy atom. The van der Waals surface area contributed by atoms with Gasteiger partial charge in [-0.25, -0.2) is 13.2 Å². The lowest BCUT2D eigenvalue weighted by Gasteiger charge is -2.40. The van der Waals surface area contributed by atoms with Gasteiger partial charge in [0, 0.05) is 42.1 Å². The van der Waals surface area contributed by atoms with Crippen LogP contribution in [0.1, 0.15) is 25.3 Å². The highest BCUT2D eigenvalue weighted by molar-refractivity contribution is 7.96. The Morgan fingerprint density at radius 3 is 2.81 bits per heavy atom. The molecular weight excluding hydrogens is 460 g/mol. The first-order chi connectivity index (χ1) is 14.9. The van der Waals surface area contributed by atoms with E-state index < -0.39 is 16.1 Å². The second-order valence-corrected chi connectivity index (χ2v) is 10.8. The van der Waals surface area contributed by atoms with Crippen molar-refractivity contribution in [1.29, 1.82) is 0 Å². The summed E-state index contributed by atoms with van der Waals surface area (Å²) in [4.78, 5) is 14.5. The molecule has 1 saturated heterocycles. The van der Waals surface area contributed by atoms with Crippen LogP contribution in [0.5, 0.6) is 0 Å². The number of carbonyl (C=O) groups is 1. The van der Waals surface area contributed by atoms with Crippen molar-refractivity contribution in [3.63, 3.8) is 0 Å². The average molecular weight is 481 g/mol. The largest absolute Gasteiger partial charge is 0.444 e. The summed E-state index contributed by atoms with van der Waals surface area (Å²) < 4.78 is 38.6. The molecule has 0 aromatic heterocycles. The topological polar surface area (TPSA) is 82.2 Å². The van der Waals surface area contributed by atoms with Gasteiger partial charge in [-0.2, -0.15) is 4.31 Å². The van der Waals surface area contributed by atoms with Crippen LogP contribution < -0.4 is 9.62 Å². The number of amides is 1. The summed E-state index contributed by atoms with van der Waals surface area (Å²) in [7, 11) is -3.68. The molecule has 0 saturated carbocycles. The number of hydrogen-bond acceptors (Lipinski definition) is 7. The lowest BCUT2D eigenvalue weighted by molar-refractivity contribution is 0.136. The molecule has 1 aromatic rings. The number of anilines is 1. The predicted octanol–water partition coefficient (Wildman–Crippen LogP) is 3.70. The minimum atomic E-state index is -3.68. The fraction of sp³-hybridized carbons (Fsp3) is 0.350. The van der Waals surface area contributed by atoms with Gasteiger partial charge in [-0.05, 0) is 49.6 Å². The van der Waals surface area contributed by atoms with Gasteiger partial charge in [0.05, 0.1) is 23.5 Å². The van der Waals surface area contributed by atoms with E-state index in [-0.39, 0.29) is 12.6 Å². The minimum absolute atomic E-state index is 0.139. The van der Waals surface area contributed by atoms with Crippen molar-refractivity contribution in [2.75, 3.05) is 18.0 Å². The number of halogens is 1. The Balaban J connectivity index is 1.37. The third-order valence-electron chi connectivity index (χ3n) is 5.87. The maximum Gasteiger partial charge on any atom is 0.414 e. The lowest BCUT2D eigenvalue weighted by atomic mass is 10.0. The van der Waals surface area contributed by atoms with Gasteiger partial charge in [0.1, 0.15) is 11.5 Å². The molecule has 0 spiro atoms. The highest BCUT2D eigenvalue weighted by Gasteiger charge is 2.40. The Bertz CT molecular complexity index is 1140. The molecule has 0 unspecified atom stereocenters. The number of carbonyl (C=O) groups excluding carboxylic acids is 1. The first-order valence-electron chi connectivity index (χ1n) is 9.92. The smallest absolute Gasteiger partial charge is 0.414 e. The van der Waals surface area contributed by atoms with Crippen LogP contribution in [-0.2, 0) is 21.4 Å². The number of sulfonamides is 1. The van der Waals surface area contributed by atoms with Crippen molar-refractivity contribution in [1.82, 2.24) is 13.3 Å². The van der Waals surface area contributed by atoms with E-state index in [1.54, 1.807) is 27.5 Å². The van der Waals surface area contributed by atoms with Gasteiger partial charge in [-0.1, -0.05) is 11.6 Å². The van der Waals surface area contributed by atoms with Crippen LogP contribution in [0.2, 0.25) is 5.02 Å². The predicted molar refractivity (Wildman–Crippen MR) is 120 cm³/mol. The SMILES string of the molecule is CC1=C(S(=O)(=O)N2CCC(N3C(=O)OCc4cc(Cl)ccc43)CC2)C2=CNSN2C=C1. The van der Waals surface area contributed by atoms with Gasteiger partial charge in [0.2, 0.25) is 10.0 Å². The number of piperidine rings is 1. The summed E-state index contributed by atoms with van der Waals surface area (Å²) in [6, 6.07) is 5.24. The Morgan fingerprint density at radius 2 is 2.03 bits per heavy atom. The normalized spacial score (nSPS) is 22.1. The zero-order valence-electron chi connectivity index (χ0n) is 16.7. The van der Waals surface area contributed by atoms with E-state index in [2.05, 4.69) is 4.72 Å². The number of fused-ring (bicyclic) bond motifs is 2. The molecule has 1 fully saturated rings. The fourth-order valence-electron chi connectivity index (χ4n) is 4.35. The number of nitrogens with one attached hydrogen (secondary N) is 1. The first-order valence-corrected chi connectivity index (χ1v) is 12.5. The van der Waals surface area contributed by atoms with Crippen molar-refractivity contribution in [3.8, 4) is 0 Å². The fourth-order valence-corrected chi connectivity index (χ4v) is 7.09. The van der Waals surface area contributed by atoms with Gasteiger partial charge in [-0.15, -0.1) is 0 Å². The van der Waals surface area contributed by atoms with E-state index in [0.29, 0.717) is 47.1 Å². The molecule has 8 nitrogen and oxygen atoms in total. The maximum absolute atomic E-state index is 13.5. The van der Waals surface area contributed by atoms with Crippen molar-refractivity contribution in [2.45, 2.75) is 32.4 Å². The van der Waals surface area contributed by atoms with Crippen LogP contribution in [0, 0.1) is 0 Å². The molecule has 5 rings (SSSR count). The summed E-state index contributed by atoms with van der Waals surface area (Å²) >= 11 is 7.41. The number of benzene rings is 1. The van der Waals surface area contributed by atoms with Crippen molar-refractivity contribution < 1.29 is 17.9 Å². The zero-order chi connectivity index (χ0) is 21.8. The van der Waals surface area contributed by atoms with Crippen molar-refractivity contribution in [2.24, 2.45) is 0 Å². The Labute approximate surface area is 190 Å². The summed E-state index contributed by atoms with van der Waals surface area (Å²) in [5.41, 5.74) is 2.99. The van der Waals surface area contributed by atoms with E-state index in [1.165, 1.54) is 16.4 Å².